The molecule has 3 heterocycles. The molecule has 0 atom stereocenters. The number of benzene rings is 1. The molecule has 1 aliphatic heterocycles. The SMILES string of the molecule is Cc1ccccc1-c1nc2[nH]ncc2c2c1CNCC2. The van der Waals surface area contributed by atoms with Crippen LogP contribution in [0.3, 0.4) is 0 Å². The van der Waals surface area contributed by atoms with Gasteiger partial charge in [0.05, 0.1) is 11.9 Å². The highest BCUT2D eigenvalue weighted by Gasteiger charge is 2.20. The van der Waals surface area contributed by atoms with Gasteiger partial charge < -0.3 is 5.32 Å². The number of pyridine rings is 1. The number of fused-ring (bicyclic) bond motifs is 3. The lowest BCUT2D eigenvalue weighted by molar-refractivity contribution is 0.646. The average Bonchev–Trinajstić information content (AvgIpc) is 2.96. The van der Waals surface area contributed by atoms with E-state index >= 15 is 0 Å². The quantitative estimate of drug-likeness (QED) is 0.710. The summed E-state index contributed by atoms with van der Waals surface area (Å²) >= 11 is 0. The molecule has 0 bridgehead atoms. The van der Waals surface area contributed by atoms with Gasteiger partial charge >= 0.3 is 0 Å². The van der Waals surface area contributed by atoms with Crippen LogP contribution >= 0.6 is 0 Å². The van der Waals surface area contributed by atoms with E-state index in [1.165, 1.54) is 27.6 Å². The van der Waals surface area contributed by atoms with Crippen molar-refractivity contribution in [2.24, 2.45) is 0 Å². The van der Waals surface area contributed by atoms with Crippen molar-refractivity contribution in [3.8, 4) is 11.3 Å². The maximum absolute atomic E-state index is 4.82. The van der Waals surface area contributed by atoms with Gasteiger partial charge in [0.25, 0.3) is 0 Å². The Morgan fingerprint density at radius 2 is 2.05 bits per heavy atom. The number of aryl methyl sites for hydroxylation is 1. The van der Waals surface area contributed by atoms with Crippen molar-refractivity contribution in [2.45, 2.75) is 19.9 Å². The number of hydrogen-bond acceptors (Lipinski definition) is 3. The van der Waals surface area contributed by atoms with Gasteiger partial charge in [-0.1, -0.05) is 24.3 Å². The van der Waals surface area contributed by atoms with Crippen LogP contribution in [0.2, 0.25) is 0 Å². The van der Waals surface area contributed by atoms with Crippen LogP contribution < -0.4 is 5.32 Å². The molecule has 1 aliphatic rings. The van der Waals surface area contributed by atoms with E-state index < -0.39 is 0 Å². The number of hydrogen-bond donors (Lipinski definition) is 2. The minimum absolute atomic E-state index is 0.882. The number of nitrogens with one attached hydrogen (secondary N) is 2. The molecule has 0 saturated heterocycles. The van der Waals surface area contributed by atoms with Gasteiger partial charge in [0.2, 0.25) is 0 Å². The Morgan fingerprint density at radius 3 is 2.95 bits per heavy atom. The number of rotatable bonds is 1. The second-order valence-electron chi connectivity index (χ2n) is 5.29. The zero-order chi connectivity index (χ0) is 13.5. The topological polar surface area (TPSA) is 53.6 Å². The number of H-pyrrole nitrogens is 1. The third-order valence-electron chi connectivity index (χ3n) is 4.07. The van der Waals surface area contributed by atoms with E-state index in [1.807, 2.05) is 6.20 Å². The Morgan fingerprint density at radius 1 is 1.15 bits per heavy atom. The molecule has 4 rings (SSSR count). The number of aromatic amines is 1. The molecule has 2 N–H and O–H groups in total. The van der Waals surface area contributed by atoms with Crippen molar-refractivity contribution >= 4 is 11.0 Å². The van der Waals surface area contributed by atoms with Gasteiger partial charge in [0.15, 0.2) is 5.65 Å². The van der Waals surface area contributed by atoms with Crippen molar-refractivity contribution < 1.29 is 0 Å². The fourth-order valence-electron chi connectivity index (χ4n) is 3.03. The van der Waals surface area contributed by atoms with Gasteiger partial charge in [-0.15, -0.1) is 0 Å². The van der Waals surface area contributed by atoms with Gasteiger partial charge in [0.1, 0.15) is 0 Å². The largest absolute Gasteiger partial charge is 0.312 e. The van der Waals surface area contributed by atoms with Crippen molar-refractivity contribution in [1.82, 2.24) is 20.5 Å². The highest BCUT2D eigenvalue weighted by atomic mass is 15.1. The number of nitrogens with zero attached hydrogens (tertiary/aromatic N) is 2. The molecule has 3 aromatic rings. The standard InChI is InChI=1S/C16H16N4/c1-10-4-2-3-5-11(10)15-13-8-17-7-6-12(13)14-9-18-20-16(14)19-15/h2-5,9,17H,6-8H2,1H3,(H,18,19,20). The minimum atomic E-state index is 0.882. The number of aromatic nitrogens is 3. The van der Waals surface area contributed by atoms with E-state index in [0.29, 0.717) is 0 Å². The minimum Gasteiger partial charge on any atom is -0.312 e. The zero-order valence-corrected chi connectivity index (χ0v) is 11.4. The molecule has 4 nitrogen and oxygen atoms in total. The summed E-state index contributed by atoms with van der Waals surface area (Å²) < 4.78 is 0. The Balaban J connectivity index is 2.06. The predicted molar refractivity (Wildman–Crippen MR) is 79.5 cm³/mol. The van der Waals surface area contributed by atoms with Crippen LogP contribution in [0, 0.1) is 6.92 Å². The smallest absolute Gasteiger partial charge is 0.156 e. The van der Waals surface area contributed by atoms with Crippen LogP contribution in [0.5, 0.6) is 0 Å². The summed E-state index contributed by atoms with van der Waals surface area (Å²) in [6, 6.07) is 8.42. The first-order valence-corrected chi connectivity index (χ1v) is 6.96. The van der Waals surface area contributed by atoms with Crippen LogP contribution in [-0.4, -0.2) is 21.7 Å². The van der Waals surface area contributed by atoms with E-state index in [1.54, 1.807) is 0 Å². The first kappa shape index (κ1) is 11.6. The summed E-state index contributed by atoms with van der Waals surface area (Å²) in [7, 11) is 0. The second kappa shape index (κ2) is 4.42. The fourth-order valence-corrected chi connectivity index (χ4v) is 3.03. The summed E-state index contributed by atoms with van der Waals surface area (Å²) in [5.74, 6) is 0. The van der Waals surface area contributed by atoms with Crippen LogP contribution in [-0.2, 0) is 13.0 Å². The lowest BCUT2D eigenvalue weighted by Crippen LogP contribution is -2.25. The van der Waals surface area contributed by atoms with E-state index in [2.05, 4.69) is 46.7 Å². The monoisotopic (exact) mass is 264 g/mol. The van der Waals surface area contributed by atoms with Crippen LogP contribution in [0.25, 0.3) is 22.3 Å². The van der Waals surface area contributed by atoms with Crippen molar-refractivity contribution in [2.75, 3.05) is 6.54 Å². The molecule has 0 aliphatic carbocycles. The summed E-state index contributed by atoms with van der Waals surface area (Å²) in [6.07, 6.45) is 2.93. The lowest BCUT2D eigenvalue weighted by Gasteiger charge is -2.21. The van der Waals surface area contributed by atoms with Gasteiger partial charge in [-0.3, -0.25) is 5.10 Å². The first-order chi connectivity index (χ1) is 9.84. The molecule has 0 amide bonds. The maximum atomic E-state index is 4.82. The van der Waals surface area contributed by atoms with Crippen LogP contribution in [0.15, 0.2) is 30.5 Å². The lowest BCUT2D eigenvalue weighted by atomic mass is 9.93. The third kappa shape index (κ3) is 1.65. The van der Waals surface area contributed by atoms with Crippen molar-refractivity contribution in [1.29, 1.82) is 0 Å². The molecule has 1 aromatic carbocycles. The van der Waals surface area contributed by atoms with E-state index in [9.17, 15) is 0 Å². The molecule has 0 saturated carbocycles. The highest BCUT2D eigenvalue weighted by Crippen LogP contribution is 2.32. The van der Waals surface area contributed by atoms with Gasteiger partial charge in [-0.25, -0.2) is 4.98 Å². The fraction of sp³-hybridized carbons (Fsp3) is 0.250. The molecular weight excluding hydrogens is 248 g/mol. The second-order valence-corrected chi connectivity index (χ2v) is 5.29. The molecule has 0 unspecified atom stereocenters. The Bertz CT molecular complexity index is 788. The molecule has 0 fully saturated rings. The Labute approximate surface area is 117 Å². The van der Waals surface area contributed by atoms with E-state index in [4.69, 9.17) is 4.98 Å². The molecule has 2 aromatic heterocycles. The molecule has 0 spiro atoms. The summed E-state index contributed by atoms with van der Waals surface area (Å²) in [4.78, 5) is 4.82. The van der Waals surface area contributed by atoms with Gasteiger partial charge in [0, 0.05) is 17.5 Å². The van der Waals surface area contributed by atoms with Crippen LogP contribution in [0.4, 0.5) is 0 Å². The van der Waals surface area contributed by atoms with Gasteiger partial charge in [-0.2, -0.15) is 5.10 Å². The molecule has 100 valence electrons. The van der Waals surface area contributed by atoms with Crippen LogP contribution in [0.1, 0.15) is 16.7 Å². The van der Waals surface area contributed by atoms with Crippen molar-refractivity contribution in [3.63, 3.8) is 0 Å². The van der Waals surface area contributed by atoms with Gasteiger partial charge in [-0.05, 0) is 36.6 Å². The Hall–Kier alpha value is -2.20. The molecule has 4 heteroatoms. The summed E-state index contributed by atoms with van der Waals surface area (Å²) in [5, 5.41) is 11.8. The molecule has 0 radical (unpaired) electrons. The normalized spacial score (nSPS) is 14.4. The van der Waals surface area contributed by atoms with E-state index in [0.717, 1.165) is 30.9 Å². The third-order valence-corrected chi connectivity index (χ3v) is 4.07. The molecular formula is C16H16N4. The molecule has 20 heavy (non-hydrogen) atoms. The zero-order valence-electron chi connectivity index (χ0n) is 11.4. The average molecular weight is 264 g/mol. The van der Waals surface area contributed by atoms with E-state index in [-0.39, 0.29) is 0 Å². The predicted octanol–water partition coefficient (Wildman–Crippen LogP) is 2.58. The Kier molecular flexibility index (Phi) is 2.57. The first-order valence-electron chi connectivity index (χ1n) is 6.96. The summed E-state index contributed by atoms with van der Waals surface area (Å²) in [6.45, 7) is 4.04. The highest BCUT2D eigenvalue weighted by molar-refractivity contribution is 5.85. The maximum Gasteiger partial charge on any atom is 0.156 e. The summed E-state index contributed by atoms with van der Waals surface area (Å²) in [5.41, 5.74) is 7.15. The van der Waals surface area contributed by atoms with Crippen molar-refractivity contribution in [3.05, 3.63) is 47.2 Å².